The zero-order valence-corrected chi connectivity index (χ0v) is 12.6. The second-order valence-corrected chi connectivity index (χ2v) is 5.18. The lowest BCUT2D eigenvalue weighted by Crippen LogP contribution is -2.10. The van der Waals surface area contributed by atoms with Gasteiger partial charge in [-0.25, -0.2) is 9.97 Å². The molecular weight excluding hydrogens is 314 g/mol. The monoisotopic (exact) mass is 325 g/mol. The molecule has 0 radical (unpaired) electrons. The maximum atomic E-state index is 7.33. The fraction of sp³-hybridized carbons (Fsp3) is 0. The van der Waals surface area contributed by atoms with Gasteiger partial charge in [-0.05, 0) is 24.3 Å². The number of pyridine rings is 2. The molecule has 7 nitrogen and oxygen atoms in total. The number of hydrogen-bond acceptors (Lipinski definition) is 6. The lowest BCUT2D eigenvalue weighted by Gasteiger charge is -2.04. The molecule has 0 aliphatic rings. The van der Waals surface area contributed by atoms with E-state index >= 15 is 0 Å². The molecular formula is C15H12ClN7. The molecule has 0 bridgehead atoms. The number of nitrogens with two attached hydrogens (primary N) is 2. The third-order valence-electron chi connectivity index (χ3n) is 3.17. The van der Waals surface area contributed by atoms with Crippen molar-refractivity contribution in [1.82, 2.24) is 9.97 Å². The Morgan fingerprint density at radius 3 is 2.61 bits per heavy atom. The van der Waals surface area contributed by atoms with E-state index in [9.17, 15) is 0 Å². The first kappa shape index (κ1) is 14.9. The normalized spacial score (nSPS) is 11.2. The number of anilines is 1. The Kier molecular flexibility index (Phi) is 3.86. The van der Waals surface area contributed by atoms with Gasteiger partial charge in [-0.3, -0.25) is 5.41 Å². The molecule has 0 saturated carbocycles. The van der Waals surface area contributed by atoms with Gasteiger partial charge in [0.25, 0.3) is 0 Å². The van der Waals surface area contributed by atoms with Crippen LogP contribution in [0.1, 0.15) is 5.56 Å². The maximum Gasteiger partial charge on any atom is 0.174 e. The third-order valence-corrected chi connectivity index (χ3v) is 3.40. The second-order valence-electron chi connectivity index (χ2n) is 4.74. The predicted octanol–water partition coefficient (Wildman–Crippen LogP) is 3.56. The van der Waals surface area contributed by atoms with Crippen molar-refractivity contribution in [2.75, 3.05) is 5.73 Å². The fourth-order valence-corrected chi connectivity index (χ4v) is 2.17. The molecule has 0 unspecified atom stereocenters. The SMILES string of the molecule is N=C(N)c1ccc(N=Nc2c(N)ncc3ccc(Cl)cc23)nc1. The van der Waals surface area contributed by atoms with Crippen LogP contribution in [-0.2, 0) is 0 Å². The standard InChI is InChI=1S/C15H12ClN7/c16-10-3-1-8-6-21-15(19)13(11(8)5-10)23-22-12-4-2-9(7-20-12)14(17)18/h1-7H,(H3,17,18)(H2,19,21). The van der Waals surface area contributed by atoms with E-state index in [4.69, 9.17) is 28.5 Å². The van der Waals surface area contributed by atoms with E-state index in [0.717, 1.165) is 10.8 Å². The topological polar surface area (TPSA) is 126 Å². The van der Waals surface area contributed by atoms with E-state index in [0.29, 0.717) is 22.1 Å². The fourth-order valence-electron chi connectivity index (χ4n) is 2.00. The molecule has 3 aromatic rings. The van der Waals surface area contributed by atoms with Crippen LogP contribution in [0.2, 0.25) is 5.02 Å². The summed E-state index contributed by atoms with van der Waals surface area (Å²) in [7, 11) is 0. The van der Waals surface area contributed by atoms with Crippen molar-refractivity contribution in [3.8, 4) is 0 Å². The van der Waals surface area contributed by atoms with Gasteiger partial charge in [0.1, 0.15) is 11.5 Å². The molecule has 8 heteroatoms. The molecule has 23 heavy (non-hydrogen) atoms. The Morgan fingerprint density at radius 1 is 1.09 bits per heavy atom. The molecule has 3 rings (SSSR count). The summed E-state index contributed by atoms with van der Waals surface area (Å²) in [6, 6.07) is 8.62. The Hall–Kier alpha value is -3.06. The molecule has 0 atom stereocenters. The van der Waals surface area contributed by atoms with Crippen LogP contribution in [0, 0.1) is 5.41 Å². The van der Waals surface area contributed by atoms with Crippen LogP contribution in [0.5, 0.6) is 0 Å². The summed E-state index contributed by atoms with van der Waals surface area (Å²) < 4.78 is 0. The number of nitrogen functional groups attached to an aromatic ring is 2. The van der Waals surface area contributed by atoms with Crippen LogP contribution < -0.4 is 11.5 Å². The number of halogens is 1. The van der Waals surface area contributed by atoms with Crippen molar-refractivity contribution in [3.05, 3.63) is 53.3 Å². The Balaban J connectivity index is 2.01. The van der Waals surface area contributed by atoms with Gasteiger partial charge in [0.05, 0.1) is 0 Å². The quantitative estimate of drug-likeness (QED) is 0.386. The number of amidine groups is 1. The van der Waals surface area contributed by atoms with Crippen LogP contribution in [0.25, 0.3) is 10.8 Å². The second kappa shape index (κ2) is 5.98. The van der Waals surface area contributed by atoms with Crippen LogP contribution in [0.15, 0.2) is 53.0 Å². The number of fused-ring (bicyclic) bond motifs is 1. The number of aromatic nitrogens is 2. The number of azo groups is 1. The molecule has 2 aromatic heterocycles. The average molecular weight is 326 g/mol. The number of nitrogens with one attached hydrogen (secondary N) is 1. The molecule has 0 spiro atoms. The van der Waals surface area contributed by atoms with Gasteiger partial charge >= 0.3 is 0 Å². The molecule has 5 N–H and O–H groups in total. The molecule has 0 fully saturated rings. The first-order valence-electron chi connectivity index (χ1n) is 6.60. The smallest absolute Gasteiger partial charge is 0.174 e. The van der Waals surface area contributed by atoms with E-state index < -0.39 is 0 Å². The highest BCUT2D eigenvalue weighted by Gasteiger charge is 2.07. The minimum atomic E-state index is -0.0573. The molecule has 0 aliphatic heterocycles. The predicted molar refractivity (Wildman–Crippen MR) is 90.6 cm³/mol. The van der Waals surface area contributed by atoms with Crippen molar-refractivity contribution in [2.45, 2.75) is 0 Å². The molecule has 1 aromatic carbocycles. The van der Waals surface area contributed by atoms with Crippen molar-refractivity contribution >= 4 is 45.5 Å². The van der Waals surface area contributed by atoms with Crippen LogP contribution in [-0.4, -0.2) is 15.8 Å². The van der Waals surface area contributed by atoms with Crippen molar-refractivity contribution in [3.63, 3.8) is 0 Å². The van der Waals surface area contributed by atoms with Gasteiger partial charge in [-0.2, -0.15) is 0 Å². The van der Waals surface area contributed by atoms with Gasteiger partial charge in [-0.1, -0.05) is 17.7 Å². The lowest BCUT2D eigenvalue weighted by atomic mass is 10.1. The third kappa shape index (κ3) is 3.09. The zero-order chi connectivity index (χ0) is 16.4. The highest BCUT2D eigenvalue weighted by Crippen LogP contribution is 2.33. The van der Waals surface area contributed by atoms with Gasteiger partial charge in [0.15, 0.2) is 11.6 Å². The number of rotatable bonds is 3. The molecule has 0 amide bonds. The number of benzene rings is 1. The van der Waals surface area contributed by atoms with E-state index in [2.05, 4.69) is 20.2 Å². The Morgan fingerprint density at radius 2 is 1.91 bits per heavy atom. The van der Waals surface area contributed by atoms with Gasteiger partial charge in [0, 0.05) is 33.8 Å². The van der Waals surface area contributed by atoms with E-state index in [1.165, 1.54) is 6.20 Å². The van der Waals surface area contributed by atoms with E-state index in [-0.39, 0.29) is 11.7 Å². The van der Waals surface area contributed by atoms with Crippen molar-refractivity contribution in [1.29, 1.82) is 5.41 Å². The maximum absolute atomic E-state index is 7.33. The van der Waals surface area contributed by atoms with Gasteiger partial charge in [-0.15, -0.1) is 10.2 Å². The molecule has 0 aliphatic carbocycles. The first-order chi connectivity index (χ1) is 11.0. The molecule has 2 heterocycles. The van der Waals surface area contributed by atoms with Crippen LogP contribution in [0.3, 0.4) is 0 Å². The van der Waals surface area contributed by atoms with Gasteiger partial charge < -0.3 is 11.5 Å². The largest absolute Gasteiger partial charge is 0.384 e. The van der Waals surface area contributed by atoms with Gasteiger partial charge in [0.2, 0.25) is 0 Å². The summed E-state index contributed by atoms with van der Waals surface area (Å²) in [6.07, 6.45) is 3.11. The first-order valence-corrected chi connectivity index (χ1v) is 6.98. The number of hydrogen-bond donors (Lipinski definition) is 3. The van der Waals surface area contributed by atoms with Crippen molar-refractivity contribution in [2.24, 2.45) is 16.0 Å². The Labute approximate surface area is 136 Å². The highest BCUT2D eigenvalue weighted by atomic mass is 35.5. The zero-order valence-electron chi connectivity index (χ0n) is 11.9. The summed E-state index contributed by atoms with van der Waals surface area (Å²) >= 11 is 6.03. The van der Waals surface area contributed by atoms with Crippen LogP contribution >= 0.6 is 11.6 Å². The Bertz CT molecular complexity index is 914. The highest BCUT2D eigenvalue weighted by molar-refractivity contribution is 6.31. The molecule has 0 saturated heterocycles. The van der Waals surface area contributed by atoms with E-state index in [1.807, 2.05) is 6.07 Å². The summed E-state index contributed by atoms with van der Waals surface area (Å²) in [4.78, 5) is 8.18. The number of nitrogens with zero attached hydrogens (tertiary/aromatic N) is 4. The summed E-state index contributed by atoms with van der Waals surface area (Å²) in [5, 5.41) is 17.7. The summed E-state index contributed by atoms with van der Waals surface area (Å²) in [6.45, 7) is 0. The lowest BCUT2D eigenvalue weighted by molar-refractivity contribution is 1.15. The van der Waals surface area contributed by atoms with Crippen LogP contribution in [0.4, 0.5) is 17.3 Å². The van der Waals surface area contributed by atoms with E-state index in [1.54, 1.807) is 30.5 Å². The minimum absolute atomic E-state index is 0.0573. The minimum Gasteiger partial charge on any atom is -0.384 e. The summed E-state index contributed by atoms with van der Waals surface area (Å²) in [5.74, 6) is 0.565. The average Bonchev–Trinajstić information content (AvgIpc) is 2.54. The molecule has 114 valence electrons. The summed E-state index contributed by atoms with van der Waals surface area (Å²) in [5.41, 5.74) is 12.2. The van der Waals surface area contributed by atoms with Crippen molar-refractivity contribution < 1.29 is 0 Å².